The molecule has 2 saturated heterocycles. The van der Waals surface area contributed by atoms with Crippen LogP contribution in [0.5, 0.6) is 0 Å². The molecule has 4 atom stereocenters. The van der Waals surface area contributed by atoms with Gasteiger partial charge in [0.1, 0.15) is 58.7 Å². The maximum Gasteiger partial charge on any atom is 0.352 e. The van der Waals surface area contributed by atoms with Crippen LogP contribution in [-0.4, -0.2) is 128 Å². The van der Waals surface area contributed by atoms with Crippen molar-refractivity contribution in [2.24, 2.45) is 0 Å². The largest absolute Gasteiger partial charge is 0.477 e. The molecule has 0 unspecified atom stereocenters. The smallest absolute Gasteiger partial charge is 0.352 e. The van der Waals surface area contributed by atoms with Gasteiger partial charge in [-0.25, -0.2) is 9.48 Å². The van der Waals surface area contributed by atoms with E-state index in [-0.39, 0.29) is 35.9 Å². The van der Waals surface area contributed by atoms with Gasteiger partial charge in [-0.05, 0) is 22.9 Å². The third-order valence-corrected chi connectivity index (χ3v) is 11.9. The number of rotatable bonds is 11. The van der Waals surface area contributed by atoms with Gasteiger partial charge >= 0.3 is 11.9 Å². The van der Waals surface area contributed by atoms with Crippen LogP contribution in [0.1, 0.15) is 11.9 Å². The summed E-state index contributed by atoms with van der Waals surface area (Å²) < 4.78 is 6.86. The Balaban J connectivity index is 1.20. The second-order valence-corrected chi connectivity index (χ2v) is 14.8. The van der Waals surface area contributed by atoms with Crippen molar-refractivity contribution in [3.05, 3.63) is 33.9 Å². The first kappa shape index (κ1) is 31.9. The van der Waals surface area contributed by atoms with Crippen LogP contribution >= 0.6 is 46.6 Å². The van der Waals surface area contributed by atoms with Crippen molar-refractivity contribution in [1.29, 1.82) is 0 Å². The third kappa shape index (κ3) is 6.08. The first-order valence-corrected chi connectivity index (χ1v) is 17.4. The van der Waals surface area contributed by atoms with E-state index in [1.54, 1.807) is 0 Å². The van der Waals surface area contributed by atoms with Crippen LogP contribution < -0.4 is 10.6 Å². The topological polar surface area (TPSA) is 232 Å². The van der Waals surface area contributed by atoms with Gasteiger partial charge in [0.25, 0.3) is 17.7 Å². The molecule has 22 heteroatoms. The number of ether oxygens (including phenoxy) is 1. The van der Waals surface area contributed by atoms with Crippen molar-refractivity contribution in [3.8, 4) is 0 Å². The predicted molar refractivity (Wildman–Crippen MR) is 162 cm³/mol. The van der Waals surface area contributed by atoms with Crippen LogP contribution in [0.2, 0.25) is 0 Å². The van der Waals surface area contributed by atoms with Gasteiger partial charge in [0.15, 0.2) is 4.34 Å². The summed E-state index contributed by atoms with van der Waals surface area (Å²) in [6.45, 7) is 2.54. The second-order valence-electron chi connectivity index (χ2n) is 10.2. The number of β-lactam (4-membered cyclic amide) rings is 2. The molecule has 18 nitrogen and oxygen atoms in total. The number of tetrazole rings is 1. The third-order valence-electron chi connectivity index (χ3n) is 7.14. The minimum absolute atomic E-state index is 0.0741. The van der Waals surface area contributed by atoms with Crippen LogP contribution in [0, 0.1) is 6.92 Å². The fourth-order valence-corrected chi connectivity index (χ4v) is 9.74. The SMILES string of the molecule is CC(=O)OCC1=C(C(=O)O)N2C(=O)[C@@H](NC(=O)C3=C(CSc4nnc(C)s4)CS[C@@H]4[C@H](NC(=O)Cn5cnnn5)C(=O)N34)[C@H]2SC1. The molecular formula is C24H24N10O8S4. The molecule has 3 N–H and O–H groups in total. The van der Waals surface area contributed by atoms with Crippen molar-refractivity contribution in [1.82, 2.24) is 50.8 Å². The molecule has 4 amide bonds. The molecule has 0 aromatic carbocycles. The van der Waals surface area contributed by atoms with E-state index in [2.05, 4.69) is 36.4 Å². The average molecular weight is 709 g/mol. The van der Waals surface area contributed by atoms with Gasteiger partial charge in [0.2, 0.25) is 5.91 Å². The van der Waals surface area contributed by atoms with Crippen molar-refractivity contribution in [2.45, 2.75) is 47.6 Å². The Morgan fingerprint density at radius 2 is 1.70 bits per heavy atom. The van der Waals surface area contributed by atoms with Gasteiger partial charge in [0.05, 0.1) is 0 Å². The van der Waals surface area contributed by atoms with E-state index >= 15 is 0 Å². The normalized spacial score (nSPS) is 23.7. The molecule has 0 spiro atoms. The number of aryl methyl sites for hydroxylation is 1. The number of carbonyl (C=O) groups excluding carboxylic acids is 5. The molecule has 4 aliphatic heterocycles. The van der Waals surface area contributed by atoms with E-state index in [0.29, 0.717) is 21.4 Å². The summed E-state index contributed by atoms with van der Waals surface area (Å²) in [4.78, 5) is 78.9. The molecule has 0 radical (unpaired) electrons. The lowest BCUT2D eigenvalue weighted by atomic mass is 10.0. The summed E-state index contributed by atoms with van der Waals surface area (Å²) in [6, 6.07) is -1.96. The molecule has 2 aromatic rings. The number of aliphatic carboxylic acids is 1. The summed E-state index contributed by atoms with van der Waals surface area (Å²) in [7, 11) is 0. The van der Waals surface area contributed by atoms with Crippen LogP contribution in [0.4, 0.5) is 0 Å². The average Bonchev–Trinajstić information content (AvgIpc) is 3.70. The summed E-state index contributed by atoms with van der Waals surface area (Å²) >= 11 is 5.35. The Hall–Kier alpha value is -4.02. The summed E-state index contributed by atoms with van der Waals surface area (Å²) in [6.07, 6.45) is 1.27. The Bertz CT molecular complexity index is 1690. The molecule has 0 saturated carbocycles. The monoisotopic (exact) mass is 708 g/mol. The van der Waals surface area contributed by atoms with E-state index < -0.39 is 58.4 Å². The zero-order valence-electron chi connectivity index (χ0n) is 23.9. The standard InChI is InChI=1S/C24H24N10O8S4/c1-9-28-29-24(46-9)45-7-12-6-44-21-14(26-13(36)3-32-8-25-30-31-32)19(38)33(21)16(12)18(37)27-15-20(39)34-17(23(40)41)11(4-42-10(2)35)5-43-22(15)34/h8,14-15,21-22H,3-7H2,1-2H3,(H,26,36)(H,27,37)(H,40,41)/t14-,15-,21-,22-/m1/s1. The molecule has 6 heterocycles. The lowest BCUT2D eigenvalue weighted by molar-refractivity contribution is -0.152. The first-order chi connectivity index (χ1) is 22.0. The highest BCUT2D eigenvalue weighted by atomic mass is 32.2. The van der Waals surface area contributed by atoms with Crippen LogP contribution in [0.25, 0.3) is 0 Å². The van der Waals surface area contributed by atoms with Gasteiger partial charge < -0.3 is 20.5 Å². The van der Waals surface area contributed by atoms with Gasteiger partial charge in [-0.3, -0.25) is 33.8 Å². The number of carbonyl (C=O) groups is 6. The molecule has 0 aliphatic carbocycles. The number of carboxylic acid groups (broad SMARTS) is 1. The van der Waals surface area contributed by atoms with Crippen molar-refractivity contribution in [2.75, 3.05) is 23.9 Å². The highest BCUT2D eigenvalue weighted by Gasteiger charge is 2.57. The number of thioether (sulfide) groups is 3. The number of nitrogens with zero attached hydrogens (tertiary/aromatic N) is 8. The number of amides is 4. The Morgan fingerprint density at radius 3 is 2.30 bits per heavy atom. The second kappa shape index (κ2) is 13.0. The van der Waals surface area contributed by atoms with Crippen molar-refractivity contribution >= 4 is 82.2 Å². The minimum atomic E-state index is -1.36. The zero-order chi connectivity index (χ0) is 32.7. The molecule has 2 aromatic heterocycles. The molecule has 2 fully saturated rings. The summed E-state index contributed by atoms with van der Waals surface area (Å²) in [5, 5.41) is 33.4. The number of fused-ring (bicyclic) bond motifs is 2. The lowest BCUT2D eigenvalue weighted by Gasteiger charge is -2.52. The fourth-order valence-electron chi connectivity index (χ4n) is 5.11. The summed E-state index contributed by atoms with van der Waals surface area (Å²) in [5.74, 6) is -3.42. The van der Waals surface area contributed by atoms with Crippen LogP contribution in [-0.2, 0) is 40.0 Å². The van der Waals surface area contributed by atoms with E-state index in [1.807, 2.05) is 6.92 Å². The Labute approximate surface area is 276 Å². The Kier molecular flexibility index (Phi) is 9.03. The maximum absolute atomic E-state index is 13.9. The van der Waals surface area contributed by atoms with E-state index in [9.17, 15) is 33.9 Å². The lowest BCUT2D eigenvalue weighted by Crippen LogP contribution is -2.73. The minimum Gasteiger partial charge on any atom is -0.477 e. The van der Waals surface area contributed by atoms with Crippen LogP contribution in [0.15, 0.2) is 33.2 Å². The quantitative estimate of drug-likeness (QED) is 0.138. The Morgan fingerprint density at radius 1 is 1.02 bits per heavy atom. The maximum atomic E-state index is 13.9. The molecule has 0 bridgehead atoms. The molecule has 46 heavy (non-hydrogen) atoms. The van der Waals surface area contributed by atoms with Crippen LogP contribution in [0.3, 0.4) is 0 Å². The van der Waals surface area contributed by atoms with Crippen molar-refractivity contribution in [3.63, 3.8) is 0 Å². The first-order valence-electron chi connectivity index (χ1n) is 13.5. The molecule has 242 valence electrons. The molecular weight excluding hydrogens is 685 g/mol. The van der Waals surface area contributed by atoms with Crippen molar-refractivity contribution < 1.29 is 38.6 Å². The highest BCUT2D eigenvalue weighted by molar-refractivity contribution is 8.02. The van der Waals surface area contributed by atoms with Gasteiger partial charge in [-0.15, -0.1) is 38.8 Å². The molecule has 4 aliphatic rings. The molecule has 6 rings (SSSR count). The number of hydrogen-bond acceptors (Lipinski definition) is 16. The van der Waals surface area contributed by atoms with E-state index in [1.165, 1.54) is 69.5 Å². The number of carboxylic acids is 1. The number of hydrogen-bond donors (Lipinski definition) is 3. The zero-order valence-corrected chi connectivity index (χ0v) is 27.2. The fraction of sp³-hybridized carbons (Fsp3) is 0.458. The highest BCUT2D eigenvalue weighted by Crippen LogP contribution is 2.43. The van der Waals surface area contributed by atoms with Gasteiger partial charge in [0, 0.05) is 29.8 Å². The van der Waals surface area contributed by atoms with Gasteiger partial charge in [-0.2, -0.15) is 0 Å². The van der Waals surface area contributed by atoms with Gasteiger partial charge in [-0.1, -0.05) is 23.1 Å². The number of esters is 1. The summed E-state index contributed by atoms with van der Waals surface area (Å²) in [5.41, 5.74) is 0.683. The predicted octanol–water partition coefficient (Wildman–Crippen LogP) is -1.42. The van der Waals surface area contributed by atoms with E-state index in [0.717, 1.165) is 9.91 Å². The number of aromatic nitrogens is 6. The number of nitrogens with one attached hydrogen (secondary N) is 2. The van der Waals surface area contributed by atoms with E-state index in [4.69, 9.17) is 4.74 Å².